The molecule has 0 bridgehead atoms. The van der Waals surface area contributed by atoms with Crippen LogP contribution >= 0.6 is 0 Å². The zero-order valence-corrected chi connectivity index (χ0v) is 17.0. The van der Waals surface area contributed by atoms with E-state index in [2.05, 4.69) is 18.1 Å². The fourth-order valence-corrected chi connectivity index (χ4v) is 2.87. The summed E-state index contributed by atoms with van der Waals surface area (Å²) in [5.41, 5.74) is 2.97. The molecule has 0 saturated heterocycles. The van der Waals surface area contributed by atoms with E-state index in [4.69, 9.17) is 14.2 Å². The second kappa shape index (κ2) is 11.4. The van der Waals surface area contributed by atoms with Gasteiger partial charge in [0.25, 0.3) is 0 Å². The third-order valence-electron chi connectivity index (χ3n) is 4.24. The second-order valence-corrected chi connectivity index (χ2v) is 6.18. The van der Waals surface area contributed by atoms with Crippen LogP contribution in [0.15, 0.2) is 80.1 Å². The van der Waals surface area contributed by atoms with Crippen LogP contribution in [0.4, 0.5) is 5.69 Å². The third kappa shape index (κ3) is 6.01. The number of nitrogens with zero attached hydrogens (tertiary/aromatic N) is 1. The fourth-order valence-electron chi connectivity index (χ4n) is 2.87. The SMILES string of the molecule is C=CCN(CC=C)c1ccc(OCc2ccccc2C(=COC)C(=O)OC)cc1. The van der Waals surface area contributed by atoms with Gasteiger partial charge >= 0.3 is 5.97 Å². The molecule has 0 aliphatic carbocycles. The third-order valence-corrected chi connectivity index (χ3v) is 4.24. The van der Waals surface area contributed by atoms with Gasteiger partial charge in [-0.2, -0.15) is 0 Å². The van der Waals surface area contributed by atoms with E-state index in [-0.39, 0.29) is 0 Å². The highest BCUT2D eigenvalue weighted by Gasteiger charge is 2.17. The van der Waals surface area contributed by atoms with Crippen LogP contribution in [-0.2, 0) is 20.9 Å². The number of hydrogen-bond acceptors (Lipinski definition) is 5. The summed E-state index contributed by atoms with van der Waals surface area (Å²) >= 11 is 0. The number of carbonyl (C=O) groups is 1. The van der Waals surface area contributed by atoms with Gasteiger partial charge in [0.1, 0.15) is 17.9 Å². The lowest BCUT2D eigenvalue weighted by Gasteiger charge is -2.21. The number of carbonyl (C=O) groups excluding carboxylic acids is 1. The zero-order chi connectivity index (χ0) is 21.1. The van der Waals surface area contributed by atoms with Crippen molar-refractivity contribution >= 4 is 17.2 Å². The first-order chi connectivity index (χ1) is 14.1. The van der Waals surface area contributed by atoms with E-state index in [0.717, 1.165) is 30.1 Å². The minimum Gasteiger partial charge on any atom is -0.503 e. The highest BCUT2D eigenvalue weighted by molar-refractivity contribution is 6.16. The van der Waals surface area contributed by atoms with Crippen molar-refractivity contribution in [2.24, 2.45) is 0 Å². The van der Waals surface area contributed by atoms with Crippen molar-refractivity contribution in [3.8, 4) is 5.75 Å². The molecule has 5 nitrogen and oxygen atoms in total. The van der Waals surface area contributed by atoms with Crippen molar-refractivity contribution in [3.63, 3.8) is 0 Å². The summed E-state index contributed by atoms with van der Waals surface area (Å²) in [5.74, 6) is 0.268. The number of anilines is 1. The molecular formula is C24H27NO4. The lowest BCUT2D eigenvalue weighted by atomic mass is 10.0. The van der Waals surface area contributed by atoms with E-state index in [9.17, 15) is 4.79 Å². The van der Waals surface area contributed by atoms with Crippen LogP contribution in [0.2, 0.25) is 0 Å². The molecule has 0 unspecified atom stereocenters. The first-order valence-electron chi connectivity index (χ1n) is 9.23. The molecule has 2 rings (SSSR count). The first-order valence-corrected chi connectivity index (χ1v) is 9.23. The molecule has 152 valence electrons. The van der Waals surface area contributed by atoms with Crippen molar-refractivity contribution in [1.82, 2.24) is 0 Å². The van der Waals surface area contributed by atoms with Gasteiger partial charge in [0.05, 0.1) is 20.5 Å². The number of benzene rings is 2. The molecular weight excluding hydrogens is 366 g/mol. The molecule has 0 spiro atoms. The average Bonchev–Trinajstić information content (AvgIpc) is 2.76. The van der Waals surface area contributed by atoms with Crippen molar-refractivity contribution < 1.29 is 19.0 Å². The Morgan fingerprint density at radius 3 is 2.24 bits per heavy atom. The summed E-state index contributed by atoms with van der Waals surface area (Å²) in [7, 11) is 2.83. The van der Waals surface area contributed by atoms with Gasteiger partial charge in [0.15, 0.2) is 0 Å². The first kappa shape index (κ1) is 21.8. The number of esters is 1. The molecule has 29 heavy (non-hydrogen) atoms. The maximum Gasteiger partial charge on any atom is 0.341 e. The smallest absolute Gasteiger partial charge is 0.341 e. The Hall–Kier alpha value is -3.47. The molecule has 5 heteroatoms. The van der Waals surface area contributed by atoms with Gasteiger partial charge in [0, 0.05) is 18.8 Å². The summed E-state index contributed by atoms with van der Waals surface area (Å²) in [5, 5.41) is 0. The van der Waals surface area contributed by atoms with Crippen LogP contribution < -0.4 is 9.64 Å². The maximum absolute atomic E-state index is 12.1. The molecule has 0 fully saturated rings. The summed E-state index contributed by atoms with van der Waals surface area (Å²) in [4.78, 5) is 14.3. The lowest BCUT2D eigenvalue weighted by Crippen LogP contribution is -2.22. The van der Waals surface area contributed by atoms with E-state index in [1.165, 1.54) is 20.5 Å². The molecule has 0 aliphatic rings. The Labute approximate surface area is 172 Å². The number of rotatable bonds is 11. The van der Waals surface area contributed by atoms with Gasteiger partial charge in [0.2, 0.25) is 0 Å². The van der Waals surface area contributed by atoms with Crippen LogP contribution in [0.3, 0.4) is 0 Å². The highest BCUT2D eigenvalue weighted by Crippen LogP contribution is 2.24. The Kier molecular flexibility index (Phi) is 8.57. The van der Waals surface area contributed by atoms with E-state index in [1.807, 2.05) is 60.7 Å². The minimum absolute atomic E-state index is 0.302. The number of hydrogen-bond donors (Lipinski definition) is 0. The predicted molar refractivity (Wildman–Crippen MR) is 117 cm³/mol. The minimum atomic E-state index is -0.465. The molecule has 0 N–H and O–H groups in total. The monoisotopic (exact) mass is 393 g/mol. The van der Waals surface area contributed by atoms with E-state index in [1.54, 1.807) is 0 Å². The van der Waals surface area contributed by atoms with Crippen LogP contribution in [0.5, 0.6) is 5.75 Å². The fraction of sp³-hybridized carbons (Fsp3) is 0.208. The van der Waals surface area contributed by atoms with Crippen molar-refractivity contribution in [3.05, 3.63) is 91.2 Å². The van der Waals surface area contributed by atoms with Crippen molar-refractivity contribution in [2.45, 2.75) is 6.61 Å². The van der Waals surface area contributed by atoms with Crippen molar-refractivity contribution in [1.29, 1.82) is 0 Å². The summed E-state index contributed by atoms with van der Waals surface area (Å²) in [6, 6.07) is 15.3. The van der Waals surface area contributed by atoms with Gasteiger partial charge in [-0.25, -0.2) is 4.79 Å². The molecule has 0 saturated carbocycles. The Morgan fingerprint density at radius 1 is 1.00 bits per heavy atom. The van der Waals surface area contributed by atoms with Gasteiger partial charge in [-0.1, -0.05) is 36.4 Å². The number of methoxy groups -OCH3 is 2. The van der Waals surface area contributed by atoms with Gasteiger partial charge in [-0.3, -0.25) is 0 Å². The number of ether oxygens (including phenoxy) is 3. The van der Waals surface area contributed by atoms with Crippen LogP contribution in [0.25, 0.3) is 5.57 Å². The second-order valence-electron chi connectivity index (χ2n) is 6.18. The summed E-state index contributed by atoms with van der Waals surface area (Å²) < 4.78 is 15.9. The van der Waals surface area contributed by atoms with Gasteiger partial charge in [-0.15, -0.1) is 13.2 Å². The van der Waals surface area contributed by atoms with E-state index in [0.29, 0.717) is 17.7 Å². The Morgan fingerprint density at radius 2 is 1.66 bits per heavy atom. The molecule has 0 atom stereocenters. The van der Waals surface area contributed by atoms with E-state index < -0.39 is 5.97 Å². The molecule has 0 amide bonds. The topological polar surface area (TPSA) is 48.0 Å². The molecule has 0 aliphatic heterocycles. The normalized spacial score (nSPS) is 10.8. The summed E-state index contributed by atoms with van der Waals surface area (Å²) in [6.07, 6.45) is 5.10. The predicted octanol–water partition coefficient (Wildman–Crippen LogP) is 4.60. The quantitative estimate of drug-likeness (QED) is 0.242. The Bertz CT molecular complexity index is 845. The molecule has 0 heterocycles. The molecule has 0 radical (unpaired) electrons. The molecule has 2 aromatic rings. The van der Waals surface area contributed by atoms with Crippen LogP contribution in [0.1, 0.15) is 11.1 Å². The Balaban J connectivity index is 2.16. The van der Waals surface area contributed by atoms with Gasteiger partial charge < -0.3 is 19.1 Å². The van der Waals surface area contributed by atoms with Crippen molar-refractivity contribution in [2.75, 3.05) is 32.2 Å². The standard InChI is InChI=1S/C24H27NO4/c1-5-15-25(16-6-2)20-11-13-21(14-12-20)29-17-19-9-7-8-10-22(19)23(18-27-3)24(26)28-4/h5-14,18H,1-2,15-17H2,3-4H3. The summed E-state index contributed by atoms with van der Waals surface area (Å²) in [6.45, 7) is 9.37. The molecule has 0 aromatic heterocycles. The highest BCUT2D eigenvalue weighted by atomic mass is 16.5. The van der Waals surface area contributed by atoms with Crippen LogP contribution in [0, 0.1) is 0 Å². The average molecular weight is 393 g/mol. The van der Waals surface area contributed by atoms with E-state index >= 15 is 0 Å². The molecule has 2 aromatic carbocycles. The lowest BCUT2D eigenvalue weighted by molar-refractivity contribution is -0.133. The maximum atomic E-state index is 12.1. The van der Waals surface area contributed by atoms with Crippen LogP contribution in [-0.4, -0.2) is 33.3 Å². The van der Waals surface area contributed by atoms with Gasteiger partial charge in [-0.05, 0) is 35.4 Å². The zero-order valence-electron chi connectivity index (χ0n) is 17.0. The largest absolute Gasteiger partial charge is 0.503 e.